The topological polar surface area (TPSA) is 87.2 Å². The molecule has 18 heavy (non-hydrogen) atoms. The maximum Gasteiger partial charge on any atom is 0.304 e. The lowest BCUT2D eigenvalue weighted by atomic mass is 10.2. The van der Waals surface area contributed by atoms with Crippen LogP contribution in [-0.4, -0.2) is 67.0 Å². The van der Waals surface area contributed by atoms with Crippen LogP contribution in [0.3, 0.4) is 0 Å². The van der Waals surface area contributed by atoms with Gasteiger partial charge in [-0.25, -0.2) is 0 Å². The molecule has 0 aromatic carbocycles. The Balaban J connectivity index is 1.99. The smallest absolute Gasteiger partial charge is 0.304 e. The lowest BCUT2D eigenvalue weighted by Gasteiger charge is -2.33. The van der Waals surface area contributed by atoms with Crippen molar-refractivity contribution in [3.63, 3.8) is 0 Å². The van der Waals surface area contributed by atoms with E-state index in [0.29, 0.717) is 13.1 Å². The summed E-state index contributed by atoms with van der Waals surface area (Å²) in [6, 6.07) is 0. The average molecular weight is 278 g/mol. The molecule has 2 aliphatic heterocycles. The molecular weight excluding hydrogens is 260 g/mol. The van der Waals surface area contributed by atoms with Gasteiger partial charge in [0.1, 0.15) is 0 Å². The summed E-state index contributed by atoms with van der Waals surface area (Å²) < 4.78 is 32.5. The molecule has 2 aliphatic rings. The first-order valence-corrected chi connectivity index (χ1v) is 7.38. The zero-order valence-corrected chi connectivity index (χ0v) is 11.1. The van der Waals surface area contributed by atoms with Gasteiger partial charge in [-0.15, -0.1) is 0 Å². The van der Waals surface area contributed by atoms with Gasteiger partial charge < -0.3 is 9.84 Å². The quantitative estimate of drug-likeness (QED) is 0.732. The van der Waals surface area contributed by atoms with Gasteiger partial charge in [0.15, 0.2) is 0 Å². The lowest BCUT2D eigenvalue weighted by molar-refractivity contribution is -0.137. The van der Waals surface area contributed by atoms with Gasteiger partial charge >= 0.3 is 5.97 Å². The van der Waals surface area contributed by atoms with Crippen molar-refractivity contribution in [2.45, 2.75) is 31.5 Å². The van der Waals surface area contributed by atoms with Crippen molar-refractivity contribution < 1.29 is 23.1 Å². The lowest BCUT2D eigenvalue weighted by Crippen LogP contribution is -2.50. The molecule has 0 radical (unpaired) electrons. The van der Waals surface area contributed by atoms with Gasteiger partial charge in [0, 0.05) is 26.7 Å². The molecule has 0 aliphatic carbocycles. The summed E-state index contributed by atoms with van der Waals surface area (Å²) in [6.45, 7) is 0.733. The molecule has 2 saturated heterocycles. The predicted molar refractivity (Wildman–Crippen MR) is 63.3 cm³/mol. The molecule has 0 aromatic heterocycles. The Morgan fingerprint density at radius 2 is 1.94 bits per heavy atom. The van der Waals surface area contributed by atoms with Crippen LogP contribution in [-0.2, 0) is 19.7 Å². The molecule has 104 valence electrons. The Morgan fingerprint density at radius 3 is 2.44 bits per heavy atom. The molecule has 8 heteroatoms. The first-order chi connectivity index (χ1) is 8.39. The minimum Gasteiger partial charge on any atom is -0.481 e. The number of fused-ring (bicyclic) bond motifs is 2. The molecule has 0 saturated carbocycles. The van der Waals surface area contributed by atoms with Gasteiger partial charge in [-0.3, -0.25) is 4.79 Å². The molecule has 7 nitrogen and oxygen atoms in total. The van der Waals surface area contributed by atoms with Crippen molar-refractivity contribution in [3.05, 3.63) is 0 Å². The third kappa shape index (κ3) is 2.82. The number of carbonyl (C=O) groups is 1. The van der Waals surface area contributed by atoms with Crippen LogP contribution in [0.4, 0.5) is 0 Å². The summed E-state index contributed by atoms with van der Waals surface area (Å²) in [5, 5.41) is 8.58. The molecule has 2 bridgehead atoms. The number of rotatable bonds is 5. The summed E-state index contributed by atoms with van der Waals surface area (Å²) in [7, 11) is -2.15. The van der Waals surface area contributed by atoms with E-state index in [-0.39, 0.29) is 25.2 Å². The fraction of sp³-hybridized carbons (Fsp3) is 0.900. The van der Waals surface area contributed by atoms with Crippen LogP contribution in [0, 0.1) is 0 Å². The number of ether oxygens (including phenoxy) is 1. The van der Waals surface area contributed by atoms with E-state index in [4.69, 9.17) is 9.84 Å². The van der Waals surface area contributed by atoms with E-state index in [2.05, 4.69) is 0 Å². The number of carboxylic acids is 1. The third-order valence-corrected chi connectivity index (χ3v) is 5.29. The number of carboxylic acid groups (broad SMARTS) is 1. The van der Waals surface area contributed by atoms with Crippen LogP contribution in [0.1, 0.15) is 19.3 Å². The number of hydrogen-bond donors (Lipinski definition) is 1. The van der Waals surface area contributed by atoms with Crippen LogP contribution < -0.4 is 0 Å². The van der Waals surface area contributed by atoms with E-state index < -0.39 is 16.2 Å². The zero-order chi connectivity index (χ0) is 13.3. The molecule has 2 unspecified atom stereocenters. The average Bonchev–Trinajstić information content (AvgIpc) is 2.64. The highest BCUT2D eigenvalue weighted by Gasteiger charge is 2.40. The normalized spacial score (nSPS) is 28.8. The summed E-state index contributed by atoms with van der Waals surface area (Å²) in [5.41, 5.74) is 0. The van der Waals surface area contributed by atoms with Crippen molar-refractivity contribution >= 4 is 16.2 Å². The molecular formula is C10H18N2O5S. The Morgan fingerprint density at radius 1 is 1.39 bits per heavy atom. The second kappa shape index (κ2) is 5.12. The minimum absolute atomic E-state index is 0.00796. The van der Waals surface area contributed by atoms with Crippen LogP contribution in [0.25, 0.3) is 0 Å². The van der Waals surface area contributed by atoms with Crippen LogP contribution >= 0.6 is 0 Å². The van der Waals surface area contributed by atoms with Gasteiger partial charge in [-0.05, 0) is 12.8 Å². The second-order valence-corrected chi connectivity index (χ2v) is 6.78. The van der Waals surface area contributed by atoms with Crippen LogP contribution in [0.5, 0.6) is 0 Å². The number of aliphatic carboxylic acids is 1. The van der Waals surface area contributed by atoms with Gasteiger partial charge in [0.05, 0.1) is 18.6 Å². The number of nitrogens with zero attached hydrogens (tertiary/aromatic N) is 2. The Labute approximate surface area is 106 Å². The van der Waals surface area contributed by atoms with E-state index >= 15 is 0 Å². The van der Waals surface area contributed by atoms with E-state index in [1.165, 1.54) is 11.4 Å². The zero-order valence-electron chi connectivity index (χ0n) is 10.3. The summed E-state index contributed by atoms with van der Waals surface area (Å²) in [6.07, 6.45) is 1.59. The first-order valence-electron chi connectivity index (χ1n) is 5.98. The summed E-state index contributed by atoms with van der Waals surface area (Å²) in [4.78, 5) is 10.5. The fourth-order valence-corrected chi connectivity index (χ4v) is 3.76. The minimum atomic E-state index is -3.56. The van der Waals surface area contributed by atoms with Crippen LogP contribution in [0.2, 0.25) is 0 Å². The molecule has 0 spiro atoms. The highest BCUT2D eigenvalue weighted by Crippen LogP contribution is 2.28. The van der Waals surface area contributed by atoms with Gasteiger partial charge in [-0.2, -0.15) is 17.0 Å². The van der Waals surface area contributed by atoms with Crippen molar-refractivity contribution in [3.8, 4) is 0 Å². The second-order valence-electron chi connectivity index (χ2n) is 4.75. The van der Waals surface area contributed by atoms with Gasteiger partial charge in [0.2, 0.25) is 0 Å². The SMILES string of the molecule is CN(CCC(=O)O)S(=O)(=O)N1CC2CCC(C1)O2. The van der Waals surface area contributed by atoms with Crippen LogP contribution in [0.15, 0.2) is 0 Å². The predicted octanol–water partition coefficient (Wildman–Crippen LogP) is -0.499. The van der Waals surface area contributed by atoms with Gasteiger partial charge in [0.25, 0.3) is 10.2 Å². The van der Waals surface area contributed by atoms with Crippen molar-refractivity contribution in [2.75, 3.05) is 26.7 Å². The molecule has 2 atom stereocenters. The fourth-order valence-electron chi connectivity index (χ4n) is 2.33. The molecule has 2 rings (SSSR count). The maximum absolute atomic E-state index is 12.2. The highest BCUT2D eigenvalue weighted by atomic mass is 32.2. The first kappa shape index (κ1) is 13.7. The number of hydrogen-bond acceptors (Lipinski definition) is 4. The maximum atomic E-state index is 12.2. The summed E-state index contributed by atoms with van der Waals surface area (Å²) >= 11 is 0. The monoisotopic (exact) mass is 278 g/mol. The van der Waals surface area contributed by atoms with Gasteiger partial charge in [-0.1, -0.05) is 0 Å². The number of morpholine rings is 1. The molecule has 1 N–H and O–H groups in total. The van der Waals surface area contributed by atoms with E-state index in [1.807, 2.05) is 0 Å². The largest absolute Gasteiger partial charge is 0.481 e. The molecule has 2 fully saturated rings. The van der Waals surface area contributed by atoms with Crippen molar-refractivity contribution in [1.29, 1.82) is 0 Å². The van der Waals surface area contributed by atoms with E-state index in [0.717, 1.165) is 17.1 Å². The molecule has 0 amide bonds. The molecule has 0 aromatic rings. The highest BCUT2D eigenvalue weighted by molar-refractivity contribution is 7.86. The third-order valence-electron chi connectivity index (χ3n) is 3.37. The molecule has 2 heterocycles. The van der Waals surface area contributed by atoms with Crippen molar-refractivity contribution in [2.24, 2.45) is 0 Å². The van der Waals surface area contributed by atoms with E-state index in [1.54, 1.807) is 0 Å². The van der Waals surface area contributed by atoms with E-state index in [9.17, 15) is 13.2 Å². The Hall–Kier alpha value is -0.700. The van der Waals surface area contributed by atoms with Crippen molar-refractivity contribution in [1.82, 2.24) is 8.61 Å². The Bertz CT molecular complexity index is 412. The summed E-state index contributed by atoms with van der Waals surface area (Å²) in [5.74, 6) is -1.00. The standard InChI is InChI=1S/C10H18N2O5S/c1-11(5-4-10(13)14)18(15,16)12-6-8-2-3-9(7-12)17-8/h8-9H,2-7H2,1H3,(H,13,14). The Kier molecular flexibility index (Phi) is 3.90.